The number of rotatable bonds is 12. The number of unbranched alkanes of at least 4 members (excludes halogenated alkanes) is 6. The molecule has 0 aromatic heterocycles. The number of carbonyl (C=O) groups excluding carboxylic acids is 1. The fourth-order valence-corrected chi connectivity index (χ4v) is 2.40. The molecule has 0 aromatic carbocycles. The zero-order chi connectivity index (χ0) is 17.7. The van der Waals surface area contributed by atoms with Gasteiger partial charge in [-0.2, -0.15) is 0 Å². The van der Waals surface area contributed by atoms with E-state index in [1.165, 1.54) is 32.1 Å². The van der Waals surface area contributed by atoms with Crippen molar-refractivity contribution in [2.75, 3.05) is 6.54 Å². The Morgan fingerprint density at radius 2 is 1.57 bits per heavy atom. The van der Waals surface area contributed by atoms with E-state index in [-0.39, 0.29) is 5.92 Å². The SMILES string of the molecule is CCCCCCCCC[C@H](CCNC(=O)OC(C)(C)C)C(=O)O. The predicted octanol–water partition coefficient (Wildman–Crippen LogP) is 4.74. The molecule has 0 aliphatic rings. The Balaban J connectivity index is 3.82. The first-order chi connectivity index (χ1) is 10.8. The van der Waals surface area contributed by atoms with E-state index in [9.17, 15) is 14.7 Å². The Kier molecular flexibility index (Phi) is 11.5. The zero-order valence-corrected chi connectivity index (χ0v) is 15.3. The summed E-state index contributed by atoms with van der Waals surface area (Å²) in [6.45, 7) is 7.93. The predicted molar refractivity (Wildman–Crippen MR) is 92.6 cm³/mol. The van der Waals surface area contributed by atoms with Gasteiger partial charge in [0.2, 0.25) is 0 Å². The third-order valence-corrected chi connectivity index (χ3v) is 3.67. The molecule has 0 radical (unpaired) electrons. The van der Waals surface area contributed by atoms with Crippen molar-refractivity contribution in [1.29, 1.82) is 0 Å². The van der Waals surface area contributed by atoms with Gasteiger partial charge in [-0.1, -0.05) is 51.9 Å². The average Bonchev–Trinajstić information content (AvgIpc) is 2.42. The summed E-state index contributed by atoms with van der Waals surface area (Å²) in [6, 6.07) is 0. The molecule has 5 heteroatoms. The highest BCUT2D eigenvalue weighted by Crippen LogP contribution is 2.16. The maximum atomic E-state index is 11.5. The van der Waals surface area contributed by atoms with Crippen molar-refractivity contribution in [1.82, 2.24) is 5.32 Å². The molecule has 0 rings (SSSR count). The zero-order valence-electron chi connectivity index (χ0n) is 15.3. The largest absolute Gasteiger partial charge is 0.481 e. The number of ether oxygens (including phenoxy) is 1. The van der Waals surface area contributed by atoms with Crippen molar-refractivity contribution in [3.63, 3.8) is 0 Å². The van der Waals surface area contributed by atoms with Gasteiger partial charge in [0.15, 0.2) is 0 Å². The lowest BCUT2D eigenvalue weighted by atomic mass is 9.97. The normalized spacial score (nSPS) is 12.7. The molecule has 5 nitrogen and oxygen atoms in total. The summed E-state index contributed by atoms with van der Waals surface area (Å²) < 4.78 is 5.13. The van der Waals surface area contributed by atoms with Gasteiger partial charge in [0.05, 0.1) is 5.92 Å². The van der Waals surface area contributed by atoms with Crippen molar-refractivity contribution in [2.45, 2.75) is 91.1 Å². The van der Waals surface area contributed by atoms with Crippen molar-refractivity contribution >= 4 is 12.1 Å². The summed E-state index contributed by atoms with van der Waals surface area (Å²) in [4.78, 5) is 22.8. The first-order valence-corrected chi connectivity index (χ1v) is 8.96. The Morgan fingerprint density at radius 1 is 1.00 bits per heavy atom. The molecular weight excluding hydrogens is 294 g/mol. The van der Waals surface area contributed by atoms with E-state index < -0.39 is 17.7 Å². The maximum absolute atomic E-state index is 11.5. The molecule has 1 atom stereocenters. The summed E-state index contributed by atoms with van der Waals surface area (Å²) in [5.74, 6) is -1.16. The summed E-state index contributed by atoms with van der Waals surface area (Å²) in [6.07, 6.45) is 8.90. The molecule has 0 spiro atoms. The third kappa shape index (κ3) is 14.1. The molecule has 0 heterocycles. The number of aliphatic carboxylic acids is 1. The molecule has 0 saturated carbocycles. The second-order valence-electron chi connectivity index (χ2n) is 7.16. The highest BCUT2D eigenvalue weighted by atomic mass is 16.6. The molecule has 0 saturated heterocycles. The number of amides is 1. The van der Waals surface area contributed by atoms with E-state index in [2.05, 4.69) is 12.2 Å². The van der Waals surface area contributed by atoms with Gasteiger partial charge in [-0.05, 0) is 33.6 Å². The van der Waals surface area contributed by atoms with Crippen molar-refractivity contribution in [3.05, 3.63) is 0 Å². The smallest absolute Gasteiger partial charge is 0.407 e. The first kappa shape index (κ1) is 21.7. The average molecular weight is 329 g/mol. The van der Waals surface area contributed by atoms with E-state index in [1.807, 2.05) is 0 Å². The van der Waals surface area contributed by atoms with Crippen LogP contribution >= 0.6 is 0 Å². The molecule has 0 fully saturated rings. The summed E-state index contributed by atoms with van der Waals surface area (Å²) >= 11 is 0. The van der Waals surface area contributed by atoms with Crippen molar-refractivity contribution in [3.8, 4) is 0 Å². The molecule has 1 amide bonds. The number of hydrogen-bond donors (Lipinski definition) is 2. The molecule has 23 heavy (non-hydrogen) atoms. The second kappa shape index (κ2) is 12.2. The minimum atomic E-state index is -0.776. The number of hydrogen-bond acceptors (Lipinski definition) is 3. The van der Waals surface area contributed by atoms with Crippen LogP contribution in [0.2, 0.25) is 0 Å². The van der Waals surface area contributed by atoms with Gasteiger partial charge in [0.1, 0.15) is 5.60 Å². The van der Waals surface area contributed by atoms with Gasteiger partial charge in [-0.15, -0.1) is 0 Å². The summed E-state index contributed by atoms with van der Waals surface area (Å²) in [5.41, 5.74) is -0.534. The van der Waals surface area contributed by atoms with E-state index in [0.717, 1.165) is 12.8 Å². The van der Waals surface area contributed by atoms with E-state index in [4.69, 9.17) is 4.74 Å². The van der Waals surface area contributed by atoms with Crippen LogP contribution in [0.1, 0.15) is 85.5 Å². The highest BCUT2D eigenvalue weighted by Gasteiger charge is 2.19. The number of carboxylic acids is 1. The minimum absolute atomic E-state index is 0.336. The van der Waals surface area contributed by atoms with E-state index in [1.54, 1.807) is 20.8 Å². The summed E-state index contributed by atoms with van der Waals surface area (Å²) in [5, 5.41) is 11.9. The van der Waals surface area contributed by atoms with Gasteiger partial charge >= 0.3 is 12.1 Å². The molecule has 0 bridgehead atoms. The topological polar surface area (TPSA) is 75.6 Å². The lowest BCUT2D eigenvalue weighted by molar-refractivity contribution is -0.142. The molecule has 0 aromatic rings. The van der Waals surface area contributed by atoms with Crippen LogP contribution in [0.5, 0.6) is 0 Å². The second-order valence-corrected chi connectivity index (χ2v) is 7.16. The lowest BCUT2D eigenvalue weighted by Crippen LogP contribution is -2.34. The van der Waals surface area contributed by atoms with E-state index >= 15 is 0 Å². The van der Waals surface area contributed by atoms with Crippen LogP contribution in [0, 0.1) is 5.92 Å². The Morgan fingerprint density at radius 3 is 2.09 bits per heavy atom. The number of carboxylic acid groups (broad SMARTS) is 1. The fraction of sp³-hybridized carbons (Fsp3) is 0.889. The minimum Gasteiger partial charge on any atom is -0.481 e. The van der Waals surface area contributed by atoms with Gasteiger partial charge in [0, 0.05) is 6.54 Å². The van der Waals surface area contributed by atoms with Crippen LogP contribution in [0.15, 0.2) is 0 Å². The maximum Gasteiger partial charge on any atom is 0.407 e. The van der Waals surface area contributed by atoms with Gasteiger partial charge in [0.25, 0.3) is 0 Å². The van der Waals surface area contributed by atoms with Crippen LogP contribution in [-0.4, -0.2) is 29.3 Å². The standard InChI is InChI=1S/C18H35NO4/c1-5-6-7-8-9-10-11-12-15(16(20)21)13-14-19-17(22)23-18(2,3)4/h15H,5-14H2,1-4H3,(H,19,22)(H,20,21)/t15-/m1/s1. The Hall–Kier alpha value is -1.26. The van der Waals surface area contributed by atoms with Crippen LogP contribution in [-0.2, 0) is 9.53 Å². The van der Waals surface area contributed by atoms with Crippen LogP contribution in [0.4, 0.5) is 4.79 Å². The van der Waals surface area contributed by atoms with Gasteiger partial charge < -0.3 is 15.2 Å². The summed E-state index contributed by atoms with van der Waals surface area (Å²) in [7, 11) is 0. The highest BCUT2D eigenvalue weighted by molar-refractivity contribution is 5.70. The Bertz CT molecular complexity index is 336. The van der Waals surface area contributed by atoms with Crippen molar-refractivity contribution in [2.24, 2.45) is 5.92 Å². The first-order valence-electron chi connectivity index (χ1n) is 8.96. The molecule has 0 aliphatic carbocycles. The van der Waals surface area contributed by atoms with Crippen LogP contribution < -0.4 is 5.32 Å². The van der Waals surface area contributed by atoms with Crippen molar-refractivity contribution < 1.29 is 19.4 Å². The number of carbonyl (C=O) groups is 2. The molecule has 0 aliphatic heterocycles. The number of nitrogens with one attached hydrogen (secondary N) is 1. The number of alkyl carbamates (subject to hydrolysis) is 1. The Labute approximate surface area is 141 Å². The third-order valence-electron chi connectivity index (χ3n) is 3.67. The lowest BCUT2D eigenvalue weighted by Gasteiger charge is -2.20. The van der Waals surface area contributed by atoms with Crippen LogP contribution in [0.25, 0.3) is 0 Å². The van der Waals surface area contributed by atoms with Gasteiger partial charge in [-0.3, -0.25) is 4.79 Å². The molecule has 136 valence electrons. The molecule has 0 unspecified atom stereocenters. The monoisotopic (exact) mass is 329 g/mol. The van der Waals surface area contributed by atoms with E-state index in [0.29, 0.717) is 19.4 Å². The molecular formula is C18H35NO4. The fourth-order valence-electron chi connectivity index (χ4n) is 2.40. The molecule has 2 N–H and O–H groups in total. The van der Waals surface area contributed by atoms with Crippen LogP contribution in [0.3, 0.4) is 0 Å². The quantitative estimate of drug-likeness (QED) is 0.507. The van der Waals surface area contributed by atoms with Gasteiger partial charge in [-0.25, -0.2) is 4.79 Å².